The number of ketones is 1. The van der Waals surface area contributed by atoms with Gasteiger partial charge in [0.15, 0.2) is 5.78 Å². The molecule has 0 bridgehead atoms. The lowest BCUT2D eigenvalue weighted by molar-refractivity contribution is 0.0994. The molecule has 20 heavy (non-hydrogen) atoms. The Balaban J connectivity index is 1.75. The van der Waals surface area contributed by atoms with Gasteiger partial charge in [0.2, 0.25) is 0 Å². The molecule has 1 nitrogen and oxygen atoms in total. The van der Waals surface area contributed by atoms with Gasteiger partial charge in [0.1, 0.15) is 0 Å². The summed E-state index contributed by atoms with van der Waals surface area (Å²) in [5.74, 6) is 0.184. The molecule has 0 aliphatic rings. The molecule has 0 radical (unpaired) electrons. The van der Waals surface area contributed by atoms with Crippen LogP contribution in [0.2, 0.25) is 0 Å². The van der Waals surface area contributed by atoms with Crippen LogP contribution in [0.1, 0.15) is 20.8 Å². The number of carbonyl (C=O) groups excluding carboxylic acids is 1. The molecule has 2 aromatic heterocycles. The summed E-state index contributed by atoms with van der Waals surface area (Å²) >= 11 is 3.34. The van der Waals surface area contributed by atoms with Crippen LogP contribution in [0.3, 0.4) is 0 Å². The fraction of sp³-hybridized carbons (Fsp3) is 0.118. The summed E-state index contributed by atoms with van der Waals surface area (Å²) in [5, 5.41) is 6.26. The number of carbonyl (C=O) groups is 1. The third-order valence-corrected chi connectivity index (χ3v) is 4.92. The fourth-order valence-corrected chi connectivity index (χ4v) is 3.66. The summed E-state index contributed by atoms with van der Waals surface area (Å²) in [6, 6.07) is 12.1. The van der Waals surface area contributed by atoms with Crippen LogP contribution in [0.15, 0.2) is 52.5 Å². The molecule has 1 aromatic carbocycles. The molecule has 100 valence electrons. The molecule has 3 aromatic rings. The predicted molar refractivity (Wildman–Crippen MR) is 86.8 cm³/mol. The Bertz CT molecular complexity index is 706. The summed E-state index contributed by atoms with van der Waals surface area (Å²) in [5.41, 5.74) is 4.39. The van der Waals surface area contributed by atoms with Gasteiger partial charge < -0.3 is 0 Å². The smallest absolute Gasteiger partial charge is 0.168 e. The van der Waals surface area contributed by atoms with E-state index in [0.717, 1.165) is 16.0 Å². The topological polar surface area (TPSA) is 17.1 Å². The van der Waals surface area contributed by atoms with Crippen molar-refractivity contribution >= 4 is 28.5 Å². The highest BCUT2D eigenvalue weighted by atomic mass is 32.1. The molecule has 0 unspecified atom stereocenters. The van der Waals surface area contributed by atoms with Crippen molar-refractivity contribution in [2.45, 2.75) is 13.3 Å². The van der Waals surface area contributed by atoms with Gasteiger partial charge in [-0.15, -0.1) is 11.3 Å². The van der Waals surface area contributed by atoms with E-state index in [9.17, 15) is 4.79 Å². The Morgan fingerprint density at radius 1 is 1.05 bits per heavy atom. The Kier molecular flexibility index (Phi) is 3.81. The minimum Gasteiger partial charge on any atom is -0.294 e. The Morgan fingerprint density at radius 3 is 2.45 bits per heavy atom. The lowest BCUT2D eigenvalue weighted by atomic mass is 10.0. The van der Waals surface area contributed by atoms with E-state index < -0.39 is 0 Å². The van der Waals surface area contributed by atoms with Crippen molar-refractivity contribution in [3.05, 3.63) is 68.5 Å². The second-order valence-electron chi connectivity index (χ2n) is 4.78. The van der Waals surface area contributed by atoms with Crippen LogP contribution >= 0.6 is 22.7 Å². The van der Waals surface area contributed by atoms with Crippen molar-refractivity contribution in [2.24, 2.45) is 0 Å². The van der Waals surface area contributed by atoms with E-state index in [1.807, 2.05) is 24.3 Å². The molecular formula is C17H14OS2. The summed E-state index contributed by atoms with van der Waals surface area (Å²) < 4.78 is 0. The summed E-state index contributed by atoms with van der Waals surface area (Å²) in [4.78, 5) is 13.4. The van der Waals surface area contributed by atoms with Crippen LogP contribution in [-0.4, -0.2) is 5.78 Å². The van der Waals surface area contributed by atoms with Gasteiger partial charge in [0, 0.05) is 16.9 Å². The Labute approximate surface area is 126 Å². The molecule has 0 atom stereocenters. The van der Waals surface area contributed by atoms with Crippen molar-refractivity contribution in [1.82, 2.24) is 0 Å². The van der Waals surface area contributed by atoms with E-state index >= 15 is 0 Å². The van der Waals surface area contributed by atoms with Crippen molar-refractivity contribution in [3.8, 4) is 11.1 Å². The molecule has 0 aliphatic carbocycles. The average molecular weight is 298 g/mol. The summed E-state index contributed by atoms with van der Waals surface area (Å²) in [7, 11) is 0. The lowest BCUT2D eigenvalue weighted by Crippen LogP contribution is -2.01. The van der Waals surface area contributed by atoms with Crippen molar-refractivity contribution < 1.29 is 4.79 Å². The zero-order valence-electron chi connectivity index (χ0n) is 11.1. The zero-order chi connectivity index (χ0) is 13.9. The normalized spacial score (nSPS) is 10.7. The van der Waals surface area contributed by atoms with Gasteiger partial charge in [-0.25, -0.2) is 0 Å². The molecule has 0 saturated carbocycles. The summed E-state index contributed by atoms with van der Waals surface area (Å²) in [6.45, 7) is 2.06. The second-order valence-corrected chi connectivity index (χ2v) is 6.56. The van der Waals surface area contributed by atoms with Crippen molar-refractivity contribution in [3.63, 3.8) is 0 Å². The Hall–Kier alpha value is -1.71. The van der Waals surface area contributed by atoms with Crippen molar-refractivity contribution in [2.75, 3.05) is 0 Å². The number of aryl methyl sites for hydroxylation is 1. The number of hydrogen-bond acceptors (Lipinski definition) is 3. The van der Waals surface area contributed by atoms with E-state index in [0.29, 0.717) is 6.42 Å². The largest absolute Gasteiger partial charge is 0.294 e. The van der Waals surface area contributed by atoms with E-state index in [2.05, 4.69) is 35.2 Å². The zero-order valence-corrected chi connectivity index (χ0v) is 12.8. The Morgan fingerprint density at radius 2 is 1.85 bits per heavy atom. The molecule has 3 heteroatoms. The molecule has 2 heterocycles. The molecule has 3 rings (SSSR count). The maximum Gasteiger partial charge on any atom is 0.168 e. The number of benzene rings is 1. The maximum atomic E-state index is 12.2. The monoisotopic (exact) mass is 298 g/mol. The van der Waals surface area contributed by atoms with Crippen LogP contribution in [0, 0.1) is 6.92 Å². The number of hydrogen-bond donors (Lipinski definition) is 0. The van der Waals surface area contributed by atoms with Gasteiger partial charge in [-0.1, -0.05) is 24.3 Å². The molecule has 0 saturated heterocycles. The highest BCUT2D eigenvalue weighted by Gasteiger charge is 2.09. The highest BCUT2D eigenvalue weighted by Crippen LogP contribution is 2.23. The van der Waals surface area contributed by atoms with Gasteiger partial charge >= 0.3 is 0 Å². The average Bonchev–Trinajstić information content (AvgIpc) is 3.11. The molecular weight excluding hydrogens is 284 g/mol. The molecule has 0 amide bonds. The third-order valence-electron chi connectivity index (χ3n) is 3.18. The van der Waals surface area contributed by atoms with E-state index in [-0.39, 0.29) is 5.78 Å². The first-order chi connectivity index (χ1) is 9.72. The number of thiophene rings is 2. The molecule has 0 fully saturated rings. The quantitative estimate of drug-likeness (QED) is 0.604. The first kappa shape index (κ1) is 13.3. The van der Waals surface area contributed by atoms with Gasteiger partial charge in [0.25, 0.3) is 0 Å². The standard InChI is InChI=1S/C17H14OS2/c1-12-8-16(20-10-12)9-17(18)14-4-2-13(3-5-14)15-6-7-19-11-15/h2-8,10-11H,9H2,1H3. The van der Waals surface area contributed by atoms with Crippen molar-refractivity contribution in [1.29, 1.82) is 0 Å². The van der Waals surface area contributed by atoms with Gasteiger partial charge in [0.05, 0.1) is 0 Å². The van der Waals surface area contributed by atoms with Crippen LogP contribution in [-0.2, 0) is 6.42 Å². The fourth-order valence-electron chi connectivity index (χ4n) is 2.12. The maximum absolute atomic E-state index is 12.2. The lowest BCUT2D eigenvalue weighted by Gasteiger charge is -2.02. The van der Waals surface area contributed by atoms with E-state index in [1.165, 1.54) is 11.1 Å². The van der Waals surface area contributed by atoms with Crippen LogP contribution < -0.4 is 0 Å². The first-order valence-corrected chi connectivity index (χ1v) is 8.24. The number of rotatable bonds is 4. The van der Waals surface area contributed by atoms with Gasteiger partial charge in [-0.3, -0.25) is 4.79 Å². The van der Waals surface area contributed by atoms with Crippen LogP contribution in [0.4, 0.5) is 0 Å². The second kappa shape index (κ2) is 5.73. The highest BCUT2D eigenvalue weighted by molar-refractivity contribution is 7.10. The van der Waals surface area contributed by atoms with Gasteiger partial charge in [-0.2, -0.15) is 11.3 Å². The molecule has 0 aliphatic heterocycles. The molecule has 0 spiro atoms. The molecule has 0 N–H and O–H groups in total. The SMILES string of the molecule is Cc1csc(CC(=O)c2ccc(-c3ccsc3)cc2)c1. The number of Topliss-reactive ketones (excluding diaryl/α,β-unsaturated/α-hetero) is 1. The minimum atomic E-state index is 0.184. The van der Waals surface area contributed by atoms with Crippen LogP contribution in [0.25, 0.3) is 11.1 Å². The first-order valence-electron chi connectivity index (χ1n) is 6.42. The van der Waals surface area contributed by atoms with E-state index in [4.69, 9.17) is 0 Å². The van der Waals surface area contributed by atoms with E-state index in [1.54, 1.807) is 22.7 Å². The van der Waals surface area contributed by atoms with Crippen LogP contribution in [0.5, 0.6) is 0 Å². The minimum absolute atomic E-state index is 0.184. The third kappa shape index (κ3) is 2.89. The predicted octanol–water partition coefficient (Wildman–Crippen LogP) is 5.21. The van der Waals surface area contributed by atoms with Gasteiger partial charge in [-0.05, 0) is 51.9 Å². The summed E-state index contributed by atoms with van der Waals surface area (Å²) in [6.07, 6.45) is 0.496.